The molecule has 6 aromatic heterocycles. The van der Waals surface area contributed by atoms with E-state index in [9.17, 15) is 0 Å². The van der Waals surface area contributed by atoms with E-state index in [0.717, 1.165) is 121 Å². The maximum Gasteiger partial charge on any atom is 0.151 e. The molecular formula is C50H60N14S2. The fourth-order valence-corrected chi connectivity index (χ4v) is 13.0. The van der Waals surface area contributed by atoms with Gasteiger partial charge in [0.1, 0.15) is 0 Å². The van der Waals surface area contributed by atoms with Gasteiger partial charge >= 0.3 is 0 Å². The molecule has 0 spiro atoms. The van der Waals surface area contributed by atoms with E-state index < -0.39 is 0 Å². The lowest BCUT2D eigenvalue weighted by atomic mass is 9.76. The number of hydrogen-bond donors (Lipinski definition) is 3. The lowest BCUT2D eigenvalue weighted by Crippen LogP contribution is -2.65. The number of fused-ring (bicyclic) bond motifs is 2. The Hall–Kier alpha value is -5.68. The number of benzene rings is 2. The average molecular weight is 921 g/mol. The molecule has 14 nitrogen and oxygen atoms in total. The first-order chi connectivity index (χ1) is 31.4. The summed E-state index contributed by atoms with van der Waals surface area (Å²) in [6.45, 7) is 19.2. The normalized spacial score (nSPS) is 20.5. The molecule has 0 bridgehead atoms. The topological polar surface area (TPSA) is 154 Å². The summed E-state index contributed by atoms with van der Waals surface area (Å²) in [7, 11) is 4.11. The Balaban J connectivity index is 0.896. The van der Waals surface area contributed by atoms with Crippen LogP contribution in [0.3, 0.4) is 0 Å². The third-order valence-electron chi connectivity index (χ3n) is 13.7. The zero-order valence-corrected chi connectivity index (χ0v) is 41.3. The van der Waals surface area contributed by atoms with E-state index in [1.54, 1.807) is 22.7 Å². The minimum atomic E-state index is -0.171. The molecule has 0 saturated carbocycles. The van der Waals surface area contributed by atoms with Crippen molar-refractivity contribution in [3.05, 3.63) is 83.8 Å². The Labute approximate surface area is 394 Å². The summed E-state index contributed by atoms with van der Waals surface area (Å²) in [5, 5.41) is 39.4. The second-order valence-corrected chi connectivity index (χ2v) is 22.6. The number of anilines is 2. The Morgan fingerprint density at radius 2 is 1.23 bits per heavy atom. The molecule has 8 aromatic rings. The number of hydrogen-bond acceptors (Lipinski definition) is 14. The highest BCUT2D eigenvalue weighted by atomic mass is 32.1. The van der Waals surface area contributed by atoms with Gasteiger partial charge in [-0.1, -0.05) is 12.1 Å². The van der Waals surface area contributed by atoms with Crippen LogP contribution in [-0.4, -0.2) is 98.2 Å². The molecule has 2 aliphatic heterocycles. The van der Waals surface area contributed by atoms with Crippen LogP contribution >= 0.6 is 22.7 Å². The van der Waals surface area contributed by atoms with Crippen molar-refractivity contribution in [3.8, 4) is 44.8 Å². The van der Waals surface area contributed by atoms with Crippen LogP contribution in [0.5, 0.6) is 0 Å². The molecular weight excluding hydrogens is 861 g/mol. The van der Waals surface area contributed by atoms with E-state index in [2.05, 4.69) is 140 Å². The second-order valence-electron chi connectivity index (χ2n) is 20.9. The lowest BCUT2D eigenvalue weighted by molar-refractivity contribution is 0.133. The quantitative estimate of drug-likeness (QED) is 0.113. The van der Waals surface area contributed by atoms with Gasteiger partial charge in [0.2, 0.25) is 0 Å². The molecule has 2 saturated heterocycles. The van der Waals surface area contributed by atoms with Gasteiger partial charge in [0.25, 0.3) is 0 Å². The average Bonchev–Trinajstić information content (AvgIpc) is 4.10. The first kappa shape index (κ1) is 44.2. The van der Waals surface area contributed by atoms with Gasteiger partial charge in [0, 0.05) is 100 Å². The molecule has 2 atom stereocenters. The molecule has 2 fully saturated rings. The van der Waals surface area contributed by atoms with E-state index in [1.807, 2.05) is 48.3 Å². The molecule has 2 aromatic carbocycles. The lowest BCUT2D eigenvalue weighted by Gasteiger charge is -2.52. The number of piperidine rings is 2. The molecule has 16 heteroatoms. The third kappa shape index (κ3) is 8.59. The van der Waals surface area contributed by atoms with Crippen molar-refractivity contribution in [2.75, 3.05) is 23.4 Å². The molecule has 66 heavy (non-hydrogen) atoms. The molecule has 3 N–H and O–H groups in total. The smallest absolute Gasteiger partial charge is 0.151 e. The van der Waals surface area contributed by atoms with E-state index >= 15 is 0 Å². The van der Waals surface area contributed by atoms with Crippen LogP contribution in [0.15, 0.2) is 78.1 Å². The summed E-state index contributed by atoms with van der Waals surface area (Å²) in [5.41, 5.74) is 14.3. The minimum absolute atomic E-state index is 0.0429. The van der Waals surface area contributed by atoms with Gasteiger partial charge in [-0.25, -0.2) is 9.97 Å². The van der Waals surface area contributed by atoms with Gasteiger partial charge in [-0.3, -0.25) is 9.78 Å². The number of aromatic amines is 1. The Bertz CT molecular complexity index is 3000. The first-order valence-electron chi connectivity index (χ1n) is 22.9. The van der Waals surface area contributed by atoms with E-state index in [-0.39, 0.29) is 34.2 Å². The van der Waals surface area contributed by atoms with Crippen LogP contribution in [0.25, 0.3) is 65.2 Å². The van der Waals surface area contributed by atoms with Gasteiger partial charge in [-0.05, 0) is 124 Å². The molecule has 2 aliphatic rings. The zero-order chi connectivity index (χ0) is 46.2. The number of aryl methyl sites for hydroxylation is 2. The maximum atomic E-state index is 5.03. The fraction of sp³-hybridized carbons (Fsp3) is 0.440. The molecule has 342 valence electrons. The number of H-pyrrole nitrogens is 1. The van der Waals surface area contributed by atoms with Gasteiger partial charge in [-0.15, -0.1) is 43.1 Å². The van der Waals surface area contributed by atoms with Crippen molar-refractivity contribution in [3.63, 3.8) is 0 Å². The van der Waals surface area contributed by atoms with Gasteiger partial charge in [0.05, 0.1) is 55.2 Å². The third-order valence-corrected chi connectivity index (χ3v) is 15.5. The van der Waals surface area contributed by atoms with Crippen LogP contribution in [0.2, 0.25) is 0 Å². The second kappa shape index (κ2) is 16.6. The van der Waals surface area contributed by atoms with Crippen molar-refractivity contribution in [2.45, 2.75) is 122 Å². The molecule has 8 heterocycles. The first-order valence-corrected chi connectivity index (χ1v) is 24.7. The number of rotatable bonds is 11. The Morgan fingerprint density at radius 3 is 1.80 bits per heavy atom. The number of nitrogens with one attached hydrogen (secondary N) is 3. The van der Waals surface area contributed by atoms with Crippen LogP contribution in [0, 0.1) is 6.92 Å². The largest absolute Gasteiger partial charge is 0.355 e. The number of aromatic nitrogens is 10. The van der Waals surface area contributed by atoms with E-state index in [0.29, 0.717) is 0 Å². The summed E-state index contributed by atoms with van der Waals surface area (Å²) in [5.74, 6) is 1.77. The summed E-state index contributed by atoms with van der Waals surface area (Å²) in [6, 6.07) is 17.5. The monoisotopic (exact) mass is 920 g/mol. The van der Waals surface area contributed by atoms with Crippen molar-refractivity contribution in [1.29, 1.82) is 0 Å². The Morgan fingerprint density at radius 1 is 0.652 bits per heavy atom. The summed E-state index contributed by atoms with van der Waals surface area (Å²) < 4.78 is 4.07. The fourth-order valence-electron chi connectivity index (χ4n) is 11.3. The van der Waals surface area contributed by atoms with Crippen LogP contribution in [0.1, 0.15) is 86.3 Å². The molecule has 0 radical (unpaired) electrons. The van der Waals surface area contributed by atoms with Crippen molar-refractivity contribution < 1.29 is 0 Å². The van der Waals surface area contributed by atoms with Gasteiger partial charge < -0.3 is 20.4 Å². The van der Waals surface area contributed by atoms with Crippen molar-refractivity contribution in [2.24, 2.45) is 7.05 Å². The van der Waals surface area contributed by atoms with Crippen molar-refractivity contribution in [1.82, 2.24) is 61.0 Å². The Kier molecular flexibility index (Phi) is 11.1. The van der Waals surface area contributed by atoms with Crippen LogP contribution in [0.4, 0.5) is 11.6 Å². The highest BCUT2D eigenvalue weighted by molar-refractivity contribution is 7.17. The van der Waals surface area contributed by atoms with E-state index in [1.165, 1.54) is 0 Å². The van der Waals surface area contributed by atoms with Gasteiger partial charge in [-0.2, -0.15) is 10.2 Å². The van der Waals surface area contributed by atoms with Gasteiger partial charge in [0.15, 0.2) is 11.6 Å². The standard InChI is InChI=1S/C50H60N14S2/c1-30-38(26-53-55-30)35-12-14-37(44-46(35)66-29-52-44)39-15-17-41(58-56-39)63(10)32-21-49(6,7)61-50(8,24-32)19-20-64(33-22-47(2,3)60-48(4,5)23-33)42-18-16-40(57-59-42)36-13-11-34(31-25-54-62(9)27-31)45-43(36)51-28-65-45/h11-18,25-29,32-33,60-61H,19-24H2,1-10H3,(H,53,55). The molecule has 0 aliphatic carbocycles. The predicted octanol–water partition coefficient (Wildman–Crippen LogP) is 9.85. The van der Waals surface area contributed by atoms with E-state index in [4.69, 9.17) is 30.4 Å². The van der Waals surface area contributed by atoms with Crippen LogP contribution in [-0.2, 0) is 7.05 Å². The summed E-state index contributed by atoms with van der Waals surface area (Å²) in [4.78, 5) is 14.5. The number of thiazole rings is 2. The molecule has 0 amide bonds. The highest BCUT2D eigenvalue weighted by Crippen LogP contribution is 2.41. The van der Waals surface area contributed by atoms with Crippen molar-refractivity contribution >= 4 is 54.7 Å². The summed E-state index contributed by atoms with van der Waals surface area (Å²) >= 11 is 3.28. The van der Waals surface area contributed by atoms with Crippen LogP contribution < -0.4 is 20.4 Å². The summed E-state index contributed by atoms with van der Waals surface area (Å²) in [6.07, 6.45) is 10.7. The molecule has 10 rings (SSSR count). The SMILES string of the molecule is Cc1[nH]ncc1-c1ccc(-c2ccc(N(C)C3CC(C)(C)NC(C)(CCN(c4ccc(-c5ccc(-c6cnn(C)c6)c6scnc56)nn4)C4CC(C)(C)NC(C)(C)C4)C3)nn2)c2ncsc12. The highest BCUT2D eigenvalue weighted by Gasteiger charge is 2.44. The minimum Gasteiger partial charge on any atom is -0.355 e. The zero-order valence-electron chi connectivity index (χ0n) is 39.6. The maximum absolute atomic E-state index is 5.03. The predicted molar refractivity (Wildman–Crippen MR) is 269 cm³/mol. The molecule has 2 unspecified atom stereocenters. The number of nitrogens with zero attached hydrogens (tertiary/aromatic N) is 11.